The van der Waals surface area contributed by atoms with Crippen LogP contribution in [0.3, 0.4) is 0 Å². The molecule has 172 valence electrons. The van der Waals surface area contributed by atoms with Gasteiger partial charge in [-0.05, 0) is 49.3 Å². The minimum absolute atomic E-state index is 0.0157. The van der Waals surface area contributed by atoms with Crippen molar-refractivity contribution in [1.29, 1.82) is 0 Å². The molecular weight excluding hydrogens is 402 g/mol. The molecular formula is C25H35N5O2. The van der Waals surface area contributed by atoms with Gasteiger partial charge in [0, 0.05) is 52.5 Å². The summed E-state index contributed by atoms with van der Waals surface area (Å²) < 4.78 is 0. The lowest BCUT2D eigenvalue weighted by Gasteiger charge is -2.36. The number of amides is 2. The average Bonchev–Trinajstić information content (AvgIpc) is 2.79. The summed E-state index contributed by atoms with van der Waals surface area (Å²) >= 11 is 0. The van der Waals surface area contributed by atoms with Crippen molar-refractivity contribution in [2.24, 2.45) is 0 Å². The lowest BCUT2D eigenvalue weighted by Crippen LogP contribution is -2.46. The number of hydrogen-bond donors (Lipinski definition) is 2. The third-order valence-corrected chi connectivity index (χ3v) is 5.90. The Morgan fingerprint density at radius 3 is 2.25 bits per heavy atom. The molecule has 0 radical (unpaired) electrons. The first kappa shape index (κ1) is 23.8. The molecule has 0 fully saturated rings. The molecule has 0 aliphatic carbocycles. The van der Waals surface area contributed by atoms with Gasteiger partial charge in [-0.25, -0.2) is 0 Å². The van der Waals surface area contributed by atoms with Crippen LogP contribution in [0.25, 0.3) is 0 Å². The number of anilines is 1. The van der Waals surface area contributed by atoms with Crippen molar-refractivity contribution < 1.29 is 9.59 Å². The number of benzene rings is 2. The van der Waals surface area contributed by atoms with E-state index in [0.29, 0.717) is 19.6 Å². The fourth-order valence-corrected chi connectivity index (χ4v) is 3.98. The Kier molecular flexibility index (Phi) is 8.25. The molecule has 2 aromatic carbocycles. The highest BCUT2D eigenvalue weighted by atomic mass is 16.2. The van der Waals surface area contributed by atoms with Crippen LogP contribution in [0.1, 0.15) is 22.7 Å². The number of rotatable bonds is 8. The summed E-state index contributed by atoms with van der Waals surface area (Å²) in [5, 5.41) is 5.54. The molecule has 1 aliphatic rings. The average molecular weight is 438 g/mol. The van der Waals surface area contributed by atoms with E-state index < -0.39 is 11.8 Å². The molecule has 2 aromatic rings. The van der Waals surface area contributed by atoms with E-state index in [1.54, 1.807) is 0 Å². The van der Waals surface area contributed by atoms with Crippen LogP contribution in [0.4, 0.5) is 5.69 Å². The Bertz CT molecular complexity index is 911. The van der Waals surface area contributed by atoms with Gasteiger partial charge < -0.3 is 20.4 Å². The predicted octanol–water partition coefficient (Wildman–Crippen LogP) is 1.65. The van der Waals surface area contributed by atoms with Crippen LogP contribution in [-0.4, -0.2) is 76.0 Å². The first-order valence-corrected chi connectivity index (χ1v) is 11.1. The number of fused-ring (bicyclic) bond motifs is 1. The van der Waals surface area contributed by atoms with E-state index in [4.69, 9.17) is 0 Å². The van der Waals surface area contributed by atoms with Crippen molar-refractivity contribution in [3.63, 3.8) is 0 Å². The fraction of sp³-hybridized carbons (Fsp3) is 0.440. The molecule has 0 aromatic heterocycles. The van der Waals surface area contributed by atoms with Crippen molar-refractivity contribution in [1.82, 2.24) is 20.4 Å². The van der Waals surface area contributed by atoms with Crippen LogP contribution in [0, 0.1) is 0 Å². The minimum atomic E-state index is -0.587. The van der Waals surface area contributed by atoms with E-state index in [-0.39, 0.29) is 6.04 Å². The lowest BCUT2D eigenvalue weighted by molar-refractivity contribution is -0.139. The summed E-state index contributed by atoms with van der Waals surface area (Å²) in [6.45, 7) is 3.23. The normalized spacial score (nSPS) is 14.5. The lowest BCUT2D eigenvalue weighted by atomic mass is 9.96. The quantitative estimate of drug-likeness (QED) is 0.615. The third-order valence-electron chi connectivity index (χ3n) is 5.90. The zero-order valence-corrected chi connectivity index (χ0v) is 19.6. The van der Waals surface area contributed by atoms with E-state index in [1.807, 2.05) is 33.1 Å². The Labute approximate surface area is 191 Å². The largest absolute Gasteiger partial charge is 0.378 e. The molecule has 2 amide bonds. The van der Waals surface area contributed by atoms with Crippen molar-refractivity contribution in [2.75, 3.05) is 59.3 Å². The van der Waals surface area contributed by atoms with E-state index in [2.05, 4.69) is 69.0 Å². The maximum absolute atomic E-state index is 12.4. The molecule has 0 saturated heterocycles. The van der Waals surface area contributed by atoms with E-state index >= 15 is 0 Å². The Hall–Kier alpha value is -2.90. The van der Waals surface area contributed by atoms with Crippen molar-refractivity contribution >= 4 is 17.5 Å². The molecule has 0 spiro atoms. The monoisotopic (exact) mass is 437 g/mol. The highest BCUT2D eigenvalue weighted by Gasteiger charge is 2.26. The van der Waals surface area contributed by atoms with Gasteiger partial charge in [0.15, 0.2) is 0 Å². The second kappa shape index (κ2) is 11.1. The van der Waals surface area contributed by atoms with Crippen molar-refractivity contribution in [3.05, 3.63) is 65.2 Å². The maximum atomic E-state index is 12.4. The highest BCUT2D eigenvalue weighted by molar-refractivity contribution is 6.35. The second-order valence-corrected chi connectivity index (χ2v) is 8.76. The smallest absolute Gasteiger partial charge is 0.309 e. The topological polar surface area (TPSA) is 67.9 Å². The van der Waals surface area contributed by atoms with Gasteiger partial charge in [-0.15, -0.1) is 0 Å². The van der Waals surface area contributed by atoms with Crippen LogP contribution < -0.4 is 15.5 Å². The summed E-state index contributed by atoms with van der Waals surface area (Å²) in [5.74, 6) is -1.17. The summed E-state index contributed by atoms with van der Waals surface area (Å²) in [4.78, 5) is 31.0. The molecule has 0 saturated carbocycles. The summed E-state index contributed by atoms with van der Waals surface area (Å²) in [5.41, 5.74) is 4.96. The summed E-state index contributed by atoms with van der Waals surface area (Å²) in [6.07, 6.45) is 0.974. The SMILES string of the molecule is CN(C)CCNC(=O)C(=O)NCC(c1ccc(N(C)C)cc1)N1CCc2ccccc2C1. The van der Waals surface area contributed by atoms with Crippen LogP contribution in [0.2, 0.25) is 0 Å². The Morgan fingerprint density at radius 2 is 1.59 bits per heavy atom. The molecule has 7 nitrogen and oxygen atoms in total. The van der Waals surface area contributed by atoms with Gasteiger partial charge in [0.1, 0.15) is 0 Å². The first-order valence-electron chi connectivity index (χ1n) is 11.1. The first-order chi connectivity index (χ1) is 15.3. The number of carbonyl (C=O) groups is 2. The molecule has 32 heavy (non-hydrogen) atoms. The summed E-state index contributed by atoms with van der Waals surface area (Å²) in [6, 6.07) is 16.9. The van der Waals surface area contributed by atoms with Gasteiger partial charge in [0.2, 0.25) is 0 Å². The van der Waals surface area contributed by atoms with Crippen molar-refractivity contribution in [2.45, 2.75) is 19.0 Å². The maximum Gasteiger partial charge on any atom is 0.309 e. The van der Waals surface area contributed by atoms with E-state index in [0.717, 1.165) is 30.8 Å². The fourth-order valence-electron chi connectivity index (χ4n) is 3.98. The second-order valence-electron chi connectivity index (χ2n) is 8.76. The molecule has 0 bridgehead atoms. The molecule has 3 rings (SSSR count). The molecule has 2 N–H and O–H groups in total. The van der Waals surface area contributed by atoms with Gasteiger partial charge in [-0.1, -0.05) is 36.4 Å². The van der Waals surface area contributed by atoms with E-state index in [9.17, 15) is 9.59 Å². The molecule has 7 heteroatoms. The number of likely N-dealkylation sites (N-methyl/N-ethyl adjacent to an activating group) is 1. The molecule has 1 aliphatic heterocycles. The van der Waals surface area contributed by atoms with Crippen LogP contribution in [0.15, 0.2) is 48.5 Å². The highest BCUT2D eigenvalue weighted by Crippen LogP contribution is 2.28. The summed E-state index contributed by atoms with van der Waals surface area (Å²) in [7, 11) is 7.89. The van der Waals surface area contributed by atoms with E-state index in [1.165, 1.54) is 11.1 Å². The number of nitrogens with one attached hydrogen (secondary N) is 2. The number of nitrogens with zero attached hydrogens (tertiary/aromatic N) is 3. The zero-order valence-electron chi connectivity index (χ0n) is 19.6. The van der Waals surface area contributed by atoms with Gasteiger partial charge in [-0.2, -0.15) is 0 Å². The van der Waals surface area contributed by atoms with Gasteiger partial charge in [-0.3, -0.25) is 14.5 Å². The molecule has 1 unspecified atom stereocenters. The Morgan fingerprint density at radius 1 is 0.938 bits per heavy atom. The minimum Gasteiger partial charge on any atom is -0.378 e. The number of carbonyl (C=O) groups excluding carboxylic acids is 2. The predicted molar refractivity (Wildman–Crippen MR) is 129 cm³/mol. The van der Waals surface area contributed by atoms with Gasteiger partial charge in [0.25, 0.3) is 0 Å². The van der Waals surface area contributed by atoms with Gasteiger partial charge in [0.05, 0.1) is 6.04 Å². The number of hydrogen-bond acceptors (Lipinski definition) is 5. The van der Waals surface area contributed by atoms with Gasteiger partial charge >= 0.3 is 11.8 Å². The van der Waals surface area contributed by atoms with Crippen LogP contribution >= 0.6 is 0 Å². The standard InChI is InChI=1S/C25H35N5O2/c1-28(2)16-14-26-24(31)25(32)27-17-23(20-9-11-22(12-10-20)29(3)4)30-15-13-19-7-5-6-8-21(19)18-30/h5-12,23H,13-18H2,1-4H3,(H,26,31)(H,27,32). The zero-order chi connectivity index (χ0) is 23.1. The van der Waals surface area contributed by atoms with Crippen molar-refractivity contribution in [3.8, 4) is 0 Å². The molecule has 1 heterocycles. The van der Waals surface area contributed by atoms with Crippen LogP contribution in [0.5, 0.6) is 0 Å². The third kappa shape index (κ3) is 6.31. The molecule has 1 atom stereocenters. The van der Waals surface area contributed by atoms with Crippen LogP contribution in [-0.2, 0) is 22.6 Å². The Balaban J connectivity index is 1.71.